The van der Waals surface area contributed by atoms with E-state index in [4.69, 9.17) is 4.74 Å². The van der Waals surface area contributed by atoms with E-state index in [0.717, 1.165) is 0 Å². The van der Waals surface area contributed by atoms with Gasteiger partial charge in [-0.15, -0.1) is 0 Å². The van der Waals surface area contributed by atoms with Crippen molar-refractivity contribution in [2.24, 2.45) is 17.8 Å². The number of ether oxygens (including phenoxy) is 1. The summed E-state index contributed by atoms with van der Waals surface area (Å²) in [5.41, 5.74) is 0. The third kappa shape index (κ3) is 10.4. The van der Waals surface area contributed by atoms with Crippen LogP contribution in [-0.4, -0.2) is 60.9 Å². The van der Waals surface area contributed by atoms with Crippen molar-refractivity contribution in [1.82, 2.24) is 21.3 Å². The molecule has 0 bridgehead atoms. The van der Waals surface area contributed by atoms with E-state index in [9.17, 15) is 24.0 Å². The van der Waals surface area contributed by atoms with Gasteiger partial charge in [-0.1, -0.05) is 33.8 Å². The quantitative estimate of drug-likeness (QED) is 0.227. The summed E-state index contributed by atoms with van der Waals surface area (Å²) in [5.74, 6) is -2.20. The zero-order chi connectivity index (χ0) is 25.8. The van der Waals surface area contributed by atoms with Crippen LogP contribution < -0.4 is 21.3 Å². The highest BCUT2D eigenvalue weighted by molar-refractivity contribution is 5.92. The molecule has 4 N–H and O–H groups in total. The number of esters is 1. The lowest BCUT2D eigenvalue weighted by Gasteiger charge is -2.27. The Balaban J connectivity index is 3.02. The second kappa shape index (κ2) is 14.4. The summed E-state index contributed by atoms with van der Waals surface area (Å²) in [4.78, 5) is 61.5. The molecule has 4 atom stereocenters. The highest BCUT2D eigenvalue weighted by Crippen LogP contribution is 2.17. The maximum absolute atomic E-state index is 13.2. The van der Waals surface area contributed by atoms with Crippen LogP contribution in [0.1, 0.15) is 60.8 Å². The highest BCUT2D eigenvalue weighted by Gasteiger charge is 2.31. The van der Waals surface area contributed by atoms with Crippen LogP contribution in [-0.2, 0) is 28.7 Å². The monoisotopic (exact) mass is 480 g/mol. The van der Waals surface area contributed by atoms with Crippen molar-refractivity contribution >= 4 is 29.6 Å². The van der Waals surface area contributed by atoms with E-state index in [2.05, 4.69) is 21.3 Å². The summed E-state index contributed by atoms with van der Waals surface area (Å²) in [6.45, 7) is 11.3. The predicted octanol–water partition coefficient (Wildman–Crippen LogP) is 0.808. The summed E-state index contributed by atoms with van der Waals surface area (Å²) in [6, 6.07) is -2.23. The lowest BCUT2D eigenvalue weighted by molar-refractivity contribution is -0.137. The average molecular weight is 481 g/mol. The molecule has 0 spiro atoms. The second-order valence-corrected chi connectivity index (χ2v) is 9.35. The highest BCUT2D eigenvalue weighted by atomic mass is 16.5. The maximum atomic E-state index is 13.2. The molecular formula is C24H40N4O6. The molecule has 1 aliphatic rings. The number of carbonyl (C=O) groups is 5. The van der Waals surface area contributed by atoms with Crippen LogP contribution in [0, 0.1) is 17.8 Å². The number of nitrogens with one attached hydrogen (secondary N) is 4. The fourth-order valence-electron chi connectivity index (χ4n) is 3.75. The van der Waals surface area contributed by atoms with E-state index in [1.54, 1.807) is 20.8 Å². The fourth-order valence-corrected chi connectivity index (χ4v) is 3.75. The van der Waals surface area contributed by atoms with E-state index in [1.807, 2.05) is 13.8 Å². The van der Waals surface area contributed by atoms with Crippen molar-refractivity contribution in [3.05, 3.63) is 12.2 Å². The van der Waals surface area contributed by atoms with Gasteiger partial charge in [0, 0.05) is 31.5 Å². The van der Waals surface area contributed by atoms with Crippen molar-refractivity contribution in [1.29, 1.82) is 0 Å². The van der Waals surface area contributed by atoms with E-state index < -0.39 is 35.9 Å². The molecule has 0 saturated carbocycles. The standard InChI is InChI=1S/C24H40N4O6/c1-7-34-20(30)9-8-18(13-17-10-11-25-22(17)31)27-23(32)19(12-14(2)3)28-24(33)21(15(4)5)26-16(6)29/h8-9,14-15,17-19,21H,7,10-13H2,1-6H3,(H,25,31)(H,26,29)(H,27,32)(H,28,33). The molecule has 1 heterocycles. The van der Waals surface area contributed by atoms with Crippen LogP contribution in [0.15, 0.2) is 12.2 Å². The summed E-state index contributed by atoms with van der Waals surface area (Å²) in [5, 5.41) is 11.0. The maximum Gasteiger partial charge on any atom is 0.330 e. The predicted molar refractivity (Wildman–Crippen MR) is 127 cm³/mol. The van der Waals surface area contributed by atoms with Gasteiger partial charge in [-0.05, 0) is 38.0 Å². The third-order valence-electron chi connectivity index (χ3n) is 5.43. The average Bonchev–Trinajstić information content (AvgIpc) is 3.13. The minimum Gasteiger partial charge on any atom is -0.463 e. The Bertz CT molecular complexity index is 765. The third-order valence-corrected chi connectivity index (χ3v) is 5.43. The van der Waals surface area contributed by atoms with Gasteiger partial charge in [0.15, 0.2) is 0 Å². The molecule has 0 radical (unpaired) electrons. The molecular weight excluding hydrogens is 440 g/mol. The number of hydrogen-bond acceptors (Lipinski definition) is 6. The molecule has 0 aromatic carbocycles. The first-order chi connectivity index (χ1) is 15.9. The van der Waals surface area contributed by atoms with Crippen LogP contribution in [0.25, 0.3) is 0 Å². The van der Waals surface area contributed by atoms with Crippen LogP contribution in [0.4, 0.5) is 0 Å². The Morgan fingerprint density at radius 3 is 2.26 bits per heavy atom. The first-order valence-corrected chi connectivity index (χ1v) is 11.9. The molecule has 1 aliphatic heterocycles. The largest absolute Gasteiger partial charge is 0.463 e. The number of hydrogen-bond donors (Lipinski definition) is 4. The molecule has 1 fully saturated rings. The van der Waals surface area contributed by atoms with Crippen LogP contribution in [0.2, 0.25) is 0 Å². The van der Waals surface area contributed by atoms with Gasteiger partial charge in [0.1, 0.15) is 12.1 Å². The lowest BCUT2D eigenvalue weighted by Crippen LogP contribution is -2.56. The van der Waals surface area contributed by atoms with Gasteiger partial charge in [0.05, 0.1) is 6.61 Å². The molecule has 192 valence electrons. The lowest BCUT2D eigenvalue weighted by atomic mass is 9.96. The second-order valence-electron chi connectivity index (χ2n) is 9.35. The molecule has 1 rings (SSSR count). The minimum atomic E-state index is -0.849. The van der Waals surface area contributed by atoms with Crippen LogP contribution in [0.3, 0.4) is 0 Å². The Hall–Kier alpha value is -2.91. The first kappa shape index (κ1) is 29.1. The Kier molecular flexibility index (Phi) is 12.3. The molecule has 0 aliphatic carbocycles. The van der Waals surface area contributed by atoms with Gasteiger partial charge in [-0.25, -0.2) is 4.79 Å². The molecule has 0 aromatic heterocycles. The van der Waals surface area contributed by atoms with Gasteiger partial charge in [-0.3, -0.25) is 19.2 Å². The smallest absolute Gasteiger partial charge is 0.330 e. The number of rotatable bonds is 13. The molecule has 4 amide bonds. The van der Waals surface area contributed by atoms with Crippen molar-refractivity contribution in [3.8, 4) is 0 Å². The zero-order valence-corrected chi connectivity index (χ0v) is 21.1. The minimum absolute atomic E-state index is 0.0918. The van der Waals surface area contributed by atoms with Gasteiger partial charge in [0.25, 0.3) is 0 Å². The molecule has 10 heteroatoms. The fraction of sp³-hybridized carbons (Fsp3) is 0.708. The van der Waals surface area contributed by atoms with Gasteiger partial charge in [-0.2, -0.15) is 0 Å². The summed E-state index contributed by atoms with van der Waals surface area (Å²) >= 11 is 0. The van der Waals surface area contributed by atoms with Crippen molar-refractivity contribution in [2.75, 3.05) is 13.2 Å². The SMILES string of the molecule is CCOC(=O)C=CC(CC1CCNC1=O)NC(=O)C(CC(C)C)NC(=O)C(NC(C)=O)C(C)C. The molecule has 1 saturated heterocycles. The van der Waals surface area contributed by atoms with Crippen molar-refractivity contribution in [3.63, 3.8) is 0 Å². The van der Waals surface area contributed by atoms with E-state index in [-0.39, 0.29) is 36.2 Å². The Labute approximate surface area is 202 Å². The van der Waals surface area contributed by atoms with Crippen molar-refractivity contribution in [2.45, 2.75) is 78.9 Å². The topological polar surface area (TPSA) is 143 Å². The molecule has 10 nitrogen and oxygen atoms in total. The molecule has 0 aromatic rings. The Morgan fingerprint density at radius 2 is 1.76 bits per heavy atom. The van der Waals surface area contributed by atoms with Crippen molar-refractivity contribution < 1.29 is 28.7 Å². The summed E-state index contributed by atoms with van der Waals surface area (Å²) in [6.07, 6.45) is 4.08. The Morgan fingerprint density at radius 1 is 1.09 bits per heavy atom. The van der Waals surface area contributed by atoms with Gasteiger partial charge >= 0.3 is 5.97 Å². The summed E-state index contributed by atoms with van der Waals surface area (Å²) < 4.78 is 4.91. The first-order valence-electron chi connectivity index (χ1n) is 11.9. The summed E-state index contributed by atoms with van der Waals surface area (Å²) in [7, 11) is 0. The number of carbonyl (C=O) groups excluding carboxylic acids is 5. The van der Waals surface area contributed by atoms with E-state index in [1.165, 1.54) is 19.1 Å². The normalized spacial score (nSPS) is 18.4. The molecule has 34 heavy (non-hydrogen) atoms. The van der Waals surface area contributed by atoms with Gasteiger partial charge in [0.2, 0.25) is 23.6 Å². The zero-order valence-electron chi connectivity index (χ0n) is 21.1. The van der Waals surface area contributed by atoms with E-state index in [0.29, 0.717) is 25.8 Å². The number of amides is 4. The van der Waals surface area contributed by atoms with Crippen LogP contribution >= 0.6 is 0 Å². The van der Waals surface area contributed by atoms with E-state index >= 15 is 0 Å². The van der Waals surface area contributed by atoms with Crippen LogP contribution in [0.5, 0.6) is 0 Å². The molecule has 4 unspecified atom stereocenters. The van der Waals surface area contributed by atoms with Gasteiger partial charge < -0.3 is 26.0 Å².